The maximum Gasteiger partial charge on any atom is 0.416 e. The van der Waals surface area contributed by atoms with Crippen LogP contribution in [0.4, 0.5) is 24.5 Å². The predicted molar refractivity (Wildman–Crippen MR) is 85.3 cm³/mol. The van der Waals surface area contributed by atoms with E-state index in [2.05, 4.69) is 0 Å². The van der Waals surface area contributed by atoms with E-state index in [-0.39, 0.29) is 6.61 Å². The fraction of sp³-hybridized carbons (Fsp3) is 0.294. The van der Waals surface area contributed by atoms with Gasteiger partial charge in [0.25, 0.3) is 0 Å². The number of anilines is 2. The molecule has 3 rings (SSSR count). The molecule has 0 bridgehead atoms. The Morgan fingerprint density at radius 3 is 2.43 bits per heavy atom. The van der Waals surface area contributed by atoms with Gasteiger partial charge < -0.3 is 10.0 Å². The number of alkyl halides is 3. The Bertz CT molecular complexity index is 702. The molecule has 0 aromatic heterocycles. The molecule has 0 atom stereocenters. The van der Waals surface area contributed by atoms with Gasteiger partial charge in [-0.2, -0.15) is 13.2 Å². The summed E-state index contributed by atoms with van der Waals surface area (Å²) in [5, 5.41) is 8.97. The fourth-order valence-corrected chi connectivity index (χ4v) is 3.70. The van der Waals surface area contributed by atoms with E-state index < -0.39 is 11.7 Å². The zero-order valence-corrected chi connectivity index (χ0v) is 13.1. The lowest BCUT2D eigenvalue weighted by atomic mass is 10.1. The number of hydrogen-bond donors (Lipinski definition) is 1. The van der Waals surface area contributed by atoms with E-state index in [0.29, 0.717) is 25.1 Å². The van der Waals surface area contributed by atoms with E-state index in [0.717, 1.165) is 21.5 Å². The Kier molecular flexibility index (Phi) is 4.55. The molecule has 2 aromatic carbocycles. The first-order valence-corrected chi connectivity index (χ1v) is 8.19. The highest BCUT2D eigenvalue weighted by atomic mass is 32.2. The molecule has 0 amide bonds. The minimum atomic E-state index is -4.35. The lowest BCUT2D eigenvalue weighted by molar-refractivity contribution is -0.137. The predicted octanol–water partition coefficient (Wildman–Crippen LogP) is 5.08. The number of hydrogen-bond acceptors (Lipinski definition) is 3. The highest BCUT2D eigenvalue weighted by Gasteiger charge is 2.33. The van der Waals surface area contributed by atoms with Crippen molar-refractivity contribution in [3.8, 4) is 0 Å². The molecule has 0 spiro atoms. The number of aliphatic hydroxyl groups excluding tert-OH is 1. The van der Waals surface area contributed by atoms with Gasteiger partial charge in [-0.05, 0) is 43.2 Å². The molecule has 0 unspecified atom stereocenters. The van der Waals surface area contributed by atoms with Gasteiger partial charge in [-0.25, -0.2) is 0 Å². The normalized spacial score (nSPS) is 13.7. The molecule has 0 saturated heterocycles. The zero-order chi connectivity index (χ0) is 16.4. The van der Waals surface area contributed by atoms with Gasteiger partial charge in [0.15, 0.2) is 0 Å². The molecule has 0 aliphatic carbocycles. The summed E-state index contributed by atoms with van der Waals surface area (Å²) in [6.45, 7) is 0.659. The maximum atomic E-state index is 13.0. The summed E-state index contributed by atoms with van der Waals surface area (Å²) in [7, 11) is 0. The smallest absolute Gasteiger partial charge is 0.396 e. The van der Waals surface area contributed by atoms with Crippen molar-refractivity contribution >= 4 is 23.1 Å². The van der Waals surface area contributed by atoms with Gasteiger partial charge in [0.1, 0.15) is 0 Å². The number of rotatable bonds is 4. The Labute approximate surface area is 136 Å². The van der Waals surface area contributed by atoms with Crippen molar-refractivity contribution in [2.75, 3.05) is 18.1 Å². The Hall–Kier alpha value is -1.66. The summed E-state index contributed by atoms with van der Waals surface area (Å²) in [5.41, 5.74) is 0.868. The van der Waals surface area contributed by atoms with E-state index in [1.54, 1.807) is 0 Å². The topological polar surface area (TPSA) is 23.5 Å². The number of fused-ring (bicyclic) bond motifs is 2. The summed E-state index contributed by atoms with van der Waals surface area (Å²) in [6.07, 6.45) is -3.02. The van der Waals surface area contributed by atoms with Crippen LogP contribution < -0.4 is 4.90 Å². The zero-order valence-electron chi connectivity index (χ0n) is 12.3. The highest BCUT2D eigenvalue weighted by Crippen LogP contribution is 2.49. The molecule has 6 heteroatoms. The van der Waals surface area contributed by atoms with Gasteiger partial charge >= 0.3 is 6.18 Å². The van der Waals surface area contributed by atoms with Crippen LogP contribution in [0.5, 0.6) is 0 Å². The lowest BCUT2D eigenvalue weighted by Gasteiger charge is -2.33. The monoisotopic (exact) mass is 339 g/mol. The quantitative estimate of drug-likeness (QED) is 0.786. The molecule has 1 aliphatic heterocycles. The molecule has 23 heavy (non-hydrogen) atoms. The van der Waals surface area contributed by atoms with E-state index >= 15 is 0 Å². The first kappa shape index (κ1) is 16.2. The Morgan fingerprint density at radius 2 is 1.70 bits per heavy atom. The number of benzene rings is 2. The first-order valence-electron chi connectivity index (χ1n) is 7.37. The van der Waals surface area contributed by atoms with Gasteiger partial charge in [-0.1, -0.05) is 23.9 Å². The molecular weight excluding hydrogens is 323 g/mol. The largest absolute Gasteiger partial charge is 0.416 e. The molecular formula is C17H16F3NOS. The standard InChI is InChI=1S/C17H16F3NOS/c18-17(19,20)12-7-8-16-14(11-12)21(9-3-4-10-22)13-5-1-2-6-15(13)23-16/h1-2,5-8,11,22H,3-4,9-10H2. The van der Waals surface area contributed by atoms with Gasteiger partial charge in [0, 0.05) is 22.9 Å². The third-order valence-corrected chi connectivity index (χ3v) is 4.87. The number of unbranched alkanes of at least 4 members (excludes halogenated alkanes) is 1. The lowest BCUT2D eigenvalue weighted by Crippen LogP contribution is -2.23. The molecule has 122 valence electrons. The van der Waals surface area contributed by atoms with Crippen molar-refractivity contribution in [3.05, 3.63) is 48.0 Å². The molecule has 2 aromatic rings. The van der Waals surface area contributed by atoms with Gasteiger partial charge in [-0.15, -0.1) is 0 Å². The van der Waals surface area contributed by atoms with Crippen LogP contribution in [-0.2, 0) is 6.18 Å². The average molecular weight is 339 g/mol. The van der Waals surface area contributed by atoms with Crippen molar-refractivity contribution < 1.29 is 18.3 Å². The van der Waals surface area contributed by atoms with Crippen molar-refractivity contribution in [2.24, 2.45) is 0 Å². The second kappa shape index (κ2) is 6.45. The van der Waals surface area contributed by atoms with Crippen molar-refractivity contribution in [1.82, 2.24) is 0 Å². The van der Waals surface area contributed by atoms with Crippen molar-refractivity contribution in [2.45, 2.75) is 28.8 Å². The second-order valence-corrected chi connectivity index (χ2v) is 6.42. The van der Waals surface area contributed by atoms with Gasteiger partial charge in [0.05, 0.1) is 16.9 Å². The molecule has 0 saturated carbocycles. The van der Waals surface area contributed by atoms with Gasteiger partial charge in [-0.3, -0.25) is 0 Å². The minimum absolute atomic E-state index is 0.0830. The Morgan fingerprint density at radius 1 is 0.957 bits per heavy atom. The average Bonchev–Trinajstić information content (AvgIpc) is 2.53. The highest BCUT2D eigenvalue weighted by molar-refractivity contribution is 7.99. The number of halogens is 3. The van der Waals surface area contributed by atoms with Crippen molar-refractivity contribution in [3.63, 3.8) is 0 Å². The molecule has 1 N–H and O–H groups in total. The summed E-state index contributed by atoms with van der Waals surface area (Å²) < 4.78 is 39.1. The SMILES string of the molecule is OCCCCN1c2ccccc2Sc2ccc(C(F)(F)F)cc21. The van der Waals surface area contributed by atoms with Crippen LogP contribution in [-0.4, -0.2) is 18.3 Å². The maximum absolute atomic E-state index is 13.0. The van der Waals surface area contributed by atoms with Crippen LogP contribution in [0.15, 0.2) is 52.3 Å². The summed E-state index contributed by atoms with van der Waals surface area (Å²) in [6, 6.07) is 11.6. The molecule has 0 fully saturated rings. The minimum Gasteiger partial charge on any atom is -0.396 e. The van der Waals surface area contributed by atoms with Crippen LogP contribution in [0.3, 0.4) is 0 Å². The number of nitrogens with zero attached hydrogens (tertiary/aromatic N) is 1. The third-order valence-electron chi connectivity index (χ3n) is 3.74. The van der Waals surface area contributed by atoms with Crippen LogP contribution in [0, 0.1) is 0 Å². The van der Waals surface area contributed by atoms with Crippen molar-refractivity contribution in [1.29, 1.82) is 0 Å². The molecule has 2 nitrogen and oxygen atoms in total. The van der Waals surface area contributed by atoms with E-state index in [9.17, 15) is 13.2 Å². The molecule has 1 heterocycles. The summed E-state index contributed by atoms with van der Waals surface area (Å²) in [5.74, 6) is 0. The molecule has 1 aliphatic rings. The second-order valence-electron chi connectivity index (χ2n) is 5.33. The van der Waals surface area contributed by atoms with Crippen LogP contribution in [0.1, 0.15) is 18.4 Å². The molecule has 0 radical (unpaired) electrons. The van der Waals surface area contributed by atoms with Crippen LogP contribution in [0.25, 0.3) is 0 Å². The summed E-state index contributed by atoms with van der Waals surface area (Å²) >= 11 is 1.49. The Balaban J connectivity index is 2.03. The van der Waals surface area contributed by atoms with Gasteiger partial charge in [0.2, 0.25) is 0 Å². The van der Waals surface area contributed by atoms with Crippen LogP contribution in [0.2, 0.25) is 0 Å². The third kappa shape index (κ3) is 3.33. The fourth-order valence-electron chi connectivity index (χ4n) is 2.63. The summed E-state index contributed by atoms with van der Waals surface area (Å²) in [4.78, 5) is 3.77. The van der Waals surface area contributed by atoms with E-state index in [1.807, 2.05) is 29.2 Å². The number of aliphatic hydroxyl groups is 1. The van der Waals surface area contributed by atoms with E-state index in [4.69, 9.17) is 5.11 Å². The number of para-hydroxylation sites is 1. The first-order chi connectivity index (χ1) is 11.0. The van der Waals surface area contributed by atoms with E-state index in [1.165, 1.54) is 23.9 Å². The van der Waals surface area contributed by atoms with Crippen LogP contribution >= 0.6 is 11.8 Å².